The number of rotatable bonds is 3. The van der Waals surface area contributed by atoms with Crippen molar-refractivity contribution in [3.8, 4) is 5.75 Å². The Morgan fingerprint density at radius 2 is 2.24 bits per heavy atom. The quantitative estimate of drug-likeness (QED) is 0.636. The Bertz CT molecular complexity index is 583. The molecule has 1 aromatic heterocycles. The standard InChI is InChI=1S/C11H11N3O2S/c1-16-7-3-2-4-8(10(7)12)17-11-13-6-5-9(15)14-11/h2-6H,12H2,1H3,(H,13,14,15). The first-order chi connectivity index (χ1) is 8.20. The largest absolute Gasteiger partial charge is 0.495 e. The first-order valence-electron chi connectivity index (χ1n) is 4.86. The molecule has 0 fully saturated rings. The second-order valence-corrected chi connectivity index (χ2v) is 4.24. The number of para-hydroxylation sites is 1. The first-order valence-corrected chi connectivity index (χ1v) is 5.68. The van der Waals surface area contributed by atoms with E-state index in [0.717, 1.165) is 4.90 Å². The van der Waals surface area contributed by atoms with E-state index in [1.807, 2.05) is 12.1 Å². The number of hydrogen-bond donors (Lipinski definition) is 2. The average Bonchev–Trinajstić information content (AvgIpc) is 2.32. The number of H-pyrrole nitrogens is 1. The third-order valence-electron chi connectivity index (χ3n) is 2.10. The summed E-state index contributed by atoms with van der Waals surface area (Å²) in [5.74, 6) is 0.605. The summed E-state index contributed by atoms with van der Waals surface area (Å²) in [5.41, 5.74) is 6.26. The molecule has 0 atom stereocenters. The number of nitrogen functional groups attached to an aromatic ring is 1. The smallest absolute Gasteiger partial charge is 0.251 e. The molecule has 6 heteroatoms. The Morgan fingerprint density at radius 1 is 1.41 bits per heavy atom. The van der Waals surface area contributed by atoms with Crippen molar-refractivity contribution >= 4 is 17.4 Å². The van der Waals surface area contributed by atoms with Crippen LogP contribution in [0.3, 0.4) is 0 Å². The second kappa shape index (κ2) is 4.92. The molecule has 0 unspecified atom stereocenters. The minimum atomic E-state index is -0.191. The van der Waals surface area contributed by atoms with Crippen LogP contribution in [0.15, 0.2) is 45.3 Å². The van der Waals surface area contributed by atoms with Crippen molar-refractivity contribution in [2.24, 2.45) is 0 Å². The van der Waals surface area contributed by atoms with Gasteiger partial charge in [-0.15, -0.1) is 0 Å². The van der Waals surface area contributed by atoms with Crippen molar-refractivity contribution in [1.82, 2.24) is 9.97 Å². The summed E-state index contributed by atoms with van der Waals surface area (Å²) in [5, 5.41) is 0.498. The van der Waals surface area contributed by atoms with Crippen LogP contribution in [-0.4, -0.2) is 17.1 Å². The van der Waals surface area contributed by atoms with Crippen LogP contribution in [-0.2, 0) is 0 Å². The Balaban J connectivity index is 2.33. The molecular weight excluding hydrogens is 238 g/mol. The van der Waals surface area contributed by atoms with E-state index in [1.54, 1.807) is 13.2 Å². The number of ether oxygens (including phenoxy) is 1. The van der Waals surface area contributed by atoms with Crippen LogP contribution in [0.2, 0.25) is 0 Å². The number of aromatic amines is 1. The van der Waals surface area contributed by atoms with E-state index in [4.69, 9.17) is 10.5 Å². The van der Waals surface area contributed by atoms with Gasteiger partial charge in [0.15, 0.2) is 5.16 Å². The highest BCUT2D eigenvalue weighted by Gasteiger charge is 2.07. The van der Waals surface area contributed by atoms with Gasteiger partial charge in [0, 0.05) is 17.2 Å². The molecular formula is C11H11N3O2S. The van der Waals surface area contributed by atoms with Gasteiger partial charge in [-0.25, -0.2) is 4.98 Å². The average molecular weight is 249 g/mol. The SMILES string of the molecule is COc1cccc(Sc2nccc(=O)[nH]2)c1N. The molecule has 0 aliphatic rings. The predicted octanol–water partition coefficient (Wildman–Crippen LogP) is 1.51. The van der Waals surface area contributed by atoms with E-state index < -0.39 is 0 Å². The van der Waals surface area contributed by atoms with Crippen LogP contribution in [0.1, 0.15) is 0 Å². The zero-order chi connectivity index (χ0) is 12.3. The number of nitrogens with zero attached hydrogens (tertiary/aromatic N) is 1. The van der Waals surface area contributed by atoms with E-state index in [1.165, 1.54) is 24.0 Å². The molecule has 17 heavy (non-hydrogen) atoms. The molecule has 0 amide bonds. The molecule has 3 N–H and O–H groups in total. The van der Waals surface area contributed by atoms with Crippen molar-refractivity contribution in [3.63, 3.8) is 0 Å². The van der Waals surface area contributed by atoms with Crippen molar-refractivity contribution in [2.45, 2.75) is 10.1 Å². The number of benzene rings is 1. The van der Waals surface area contributed by atoms with Crippen molar-refractivity contribution in [2.75, 3.05) is 12.8 Å². The highest BCUT2D eigenvalue weighted by atomic mass is 32.2. The fraction of sp³-hybridized carbons (Fsp3) is 0.0909. The third-order valence-corrected chi connectivity index (χ3v) is 3.08. The number of aromatic nitrogens is 2. The third kappa shape index (κ3) is 2.59. The van der Waals surface area contributed by atoms with Gasteiger partial charge in [0.1, 0.15) is 5.75 Å². The molecule has 1 heterocycles. The van der Waals surface area contributed by atoms with Gasteiger partial charge >= 0.3 is 0 Å². The molecule has 5 nitrogen and oxygen atoms in total. The normalized spacial score (nSPS) is 10.2. The second-order valence-electron chi connectivity index (χ2n) is 3.21. The molecule has 2 aromatic rings. The lowest BCUT2D eigenvalue weighted by molar-refractivity contribution is 0.416. The lowest BCUT2D eigenvalue weighted by Gasteiger charge is -2.08. The van der Waals surface area contributed by atoms with Crippen LogP contribution in [0, 0.1) is 0 Å². The minimum Gasteiger partial charge on any atom is -0.495 e. The zero-order valence-electron chi connectivity index (χ0n) is 9.14. The summed E-state index contributed by atoms with van der Waals surface area (Å²) in [6.07, 6.45) is 1.46. The van der Waals surface area contributed by atoms with Gasteiger partial charge in [-0.1, -0.05) is 6.07 Å². The van der Waals surface area contributed by atoms with Crippen LogP contribution >= 0.6 is 11.8 Å². The summed E-state index contributed by atoms with van der Waals surface area (Å²) in [6, 6.07) is 6.81. The molecule has 0 aliphatic heterocycles. The fourth-order valence-electron chi connectivity index (χ4n) is 1.30. The number of hydrogen-bond acceptors (Lipinski definition) is 5. The molecule has 0 radical (unpaired) electrons. The summed E-state index contributed by atoms with van der Waals surface area (Å²) in [6.45, 7) is 0. The predicted molar refractivity (Wildman–Crippen MR) is 66.4 cm³/mol. The zero-order valence-corrected chi connectivity index (χ0v) is 9.95. The Hall–Kier alpha value is -1.95. The van der Waals surface area contributed by atoms with Gasteiger partial charge in [0.05, 0.1) is 12.8 Å². The lowest BCUT2D eigenvalue weighted by Crippen LogP contribution is -2.05. The maximum absolute atomic E-state index is 11.1. The lowest BCUT2D eigenvalue weighted by atomic mass is 10.3. The van der Waals surface area contributed by atoms with Gasteiger partial charge in [0.2, 0.25) is 0 Å². The van der Waals surface area contributed by atoms with Crippen molar-refractivity contribution < 1.29 is 4.74 Å². The molecule has 0 aliphatic carbocycles. The summed E-state index contributed by atoms with van der Waals surface area (Å²) in [7, 11) is 1.56. The first kappa shape index (κ1) is 11.5. The highest BCUT2D eigenvalue weighted by Crippen LogP contribution is 2.34. The van der Waals surface area contributed by atoms with Crippen LogP contribution in [0.25, 0.3) is 0 Å². The van der Waals surface area contributed by atoms with E-state index in [2.05, 4.69) is 9.97 Å². The van der Waals surface area contributed by atoms with Crippen LogP contribution < -0.4 is 16.0 Å². The summed E-state index contributed by atoms with van der Waals surface area (Å²) >= 11 is 1.29. The molecule has 2 rings (SSSR count). The maximum Gasteiger partial charge on any atom is 0.251 e. The van der Waals surface area contributed by atoms with Gasteiger partial charge in [0.25, 0.3) is 5.56 Å². The Kier molecular flexibility index (Phi) is 3.34. The summed E-state index contributed by atoms with van der Waals surface area (Å²) in [4.78, 5) is 18.6. The van der Waals surface area contributed by atoms with Gasteiger partial charge in [-0.2, -0.15) is 0 Å². The maximum atomic E-state index is 11.1. The fourth-order valence-corrected chi connectivity index (χ4v) is 2.13. The van der Waals surface area contributed by atoms with Crippen molar-refractivity contribution in [1.29, 1.82) is 0 Å². The van der Waals surface area contributed by atoms with E-state index in [0.29, 0.717) is 16.6 Å². The molecule has 0 bridgehead atoms. The van der Waals surface area contributed by atoms with Gasteiger partial charge in [-0.3, -0.25) is 4.79 Å². The number of methoxy groups -OCH3 is 1. The van der Waals surface area contributed by atoms with Crippen LogP contribution in [0.4, 0.5) is 5.69 Å². The Morgan fingerprint density at radius 3 is 2.94 bits per heavy atom. The van der Waals surface area contributed by atoms with E-state index in [-0.39, 0.29) is 5.56 Å². The molecule has 0 spiro atoms. The minimum absolute atomic E-state index is 0.191. The van der Waals surface area contributed by atoms with Crippen LogP contribution in [0.5, 0.6) is 5.75 Å². The molecule has 0 saturated heterocycles. The molecule has 88 valence electrons. The van der Waals surface area contributed by atoms with Gasteiger partial charge in [-0.05, 0) is 23.9 Å². The molecule has 1 aromatic carbocycles. The molecule has 0 saturated carbocycles. The Labute approximate surface area is 102 Å². The van der Waals surface area contributed by atoms with E-state index >= 15 is 0 Å². The monoisotopic (exact) mass is 249 g/mol. The van der Waals surface area contributed by atoms with Crippen molar-refractivity contribution in [3.05, 3.63) is 40.8 Å². The number of nitrogens with two attached hydrogens (primary N) is 1. The summed E-state index contributed by atoms with van der Waals surface area (Å²) < 4.78 is 5.12. The number of anilines is 1. The number of nitrogens with one attached hydrogen (secondary N) is 1. The highest BCUT2D eigenvalue weighted by molar-refractivity contribution is 7.99. The topological polar surface area (TPSA) is 81.0 Å². The van der Waals surface area contributed by atoms with E-state index in [9.17, 15) is 4.79 Å². The van der Waals surface area contributed by atoms with Gasteiger partial charge < -0.3 is 15.5 Å².